The molecule has 7 heteroatoms. The smallest absolute Gasteiger partial charge is 0.217 e. The van der Waals surface area contributed by atoms with Crippen LogP contribution in [0.5, 0.6) is 0 Å². The van der Waals surface area contributed by atoms with E-state index in [9.17, 15) is 9.90 Å². The highest BCUT2D eigenvalue weighted by Crippen LogP contribution is 2.26. The van der Waals surface area contributed by atoms with E-state index in [2.05, 4.69) is 11.9 Å². The standard InChI is InChI=1S/C25H31NO6/c1-3-14-30-25-22(26-18(2)27)24(31-16-20-12-8-5-9-13-20)23(28)21(32-25)17-29-15-19-10-6-4-7-11-19/h3-13,21-25,28H,1,14-17H2,2H3,(H,26,27)/t21-,22-,23-,24-,25-/m1/s1. The second-order valence-electron chi connectivity index (χ2n) is 7.64. The minimum Gasteiger partial charge on any atom is -0.388 e. The van der Waals surface area contributed by atoms with Gasteiger partial charge in [-0.2, -0.15) is 0 Å². The predicted molar refractivity (Wildman–Crippen MR) is 120 cm³/mol. The van der Waals surface area contributed by atoms with Crippen LogP contribution in [0, 0.1) is 0 Å². The van der Waals surface area contributed by atoms with E-state index in [0.29, 0.717) is 6.61 Å². The van der Waals surface area contributed by atoms with Gasteiger partial charge in [0.25, 0.3) is 0 Å². The lowest BCUT2D eigenvalue weighted by molar-refractivity contribution is -0.278. The molecule has 2 aromatic carbocycles. The number of carbonyl (C=O) groups excluding carboxylic acids is 1. The van der Waals surface area contributed by atoms with Crippen molar-refractivity contribution in [1.82, 2.24) is 5.32 Å². The van der Waals surface area contributed by atoms with Crippen molar-refractivity contribution in [2.75, 3.05) is 13.2 Å². The molecule has 3 rings (SSSR count). The zero-order chi connectivity index (χ0) is 22.8. The molecule has 1 aliphatic rings. The Bertz CT molecular complexity index is 831. The van der Waals surface area contributed by atoms with E-state index in [1.165, 1.54) is 6.92 Å². The van der Waals surface area contributed by atoms with E-state index in [4.69, 9.17) is 18.9 Å². The van der Waals surface area contributed by atoms with Gasteiger partial charge in [-0.15, -0.1) is 6.58 Å². The monoisotopic (exact) mass is 441 g/mol. The van der Waals surface area contributed by atoms with Gasteiger partial charge in [0.2, 0.25) is 5.91 Å². The van der Waals surface area contributed by atoms with Crippen molar-refractivity contribution in [3.63, 3.8) is 0 Å². The first-order valence-corrected chi connectivity index (χ1v) is 10.7. The van der Waals surface area contributed by atoms with E-state index in [1.54, 1.807) is 6.08 Å². The molecule has 1 aliphatic heterocycles. The molecule has 1 saturated heterocycles. The van der Waals surface area contributed by atoms with Crippen LogP contribution >= 0.6 is 0 Å². The molecule has 5 atom stereocenters. The summed E-state index contributed by atoms with van der Waals surface area (Å²) >= 11 is 0. The lowest BCUT2D eigenvalue weighted by Crippen LogP contribution is -2.65. The summed E-state index contributed by atoms with van der Waals surface area (Å²) in [6.45, 7) is 6.09. The zero-order valence-electron chi connectivity index (χ0n) is 18.3. The van der Waals surface area contributed by atoms with Gasteiger partial charge in [0.1, 0.15) is 24.4 Å². The van der Waals surface area contributed by atoms with Gasteiger partial charge < -0.3 is 29.4 Å². The molecule has 0 unspecified atom stereocenters. The van der Waals surface area contributed by atoms with Crippen molar-refractivity contribution in [2.24, 2.45) is 0 Å². The Morgan fingerprint density at radius 1 is 1.06 bits per heavy atom. The lowest BCUT2D eigenvalue weighted by Gasteiger charge is -2.44. The molecule has 1 heterocycles. The lowest BCUT2D eigenvalue weighted by atomic mass is 9.96. The van der Waals surface area contributed by atoms with Gasteiger partial charge in [-0.25, -0.2) is 0 Å². The second-order valence-corrected chi connectivity index (χ2v) is 7.64. The van der Waals surface area contributed by atoms with Gasteiger partial charge in [0.15, 0.2) is 6.29 Å². The zero-order valence-corrected chi connectivity index (χ0v) is 18.3. The SMILES string of the molecule is C=CCO[C@@H]1O[C@H](COCc2ccccc2)[C@@H](O)[C@H](OCc2ccccc2)[C@H]1NC(C)=O. The number of nitrogens with one attached hydrogen (secondary N) is 1. The summed E-state index contributed by atoms with van der Waals surface area (Å²) in [5, 5.41) is 13.9. The van der Waals surface area contributed by atoms with Crippen molar-refractivity contribution in [2.45, 2.75) is 50.8 Å². The molecule has 0 aromatic heterocycles. The quantitative estimate of drug-likeness (QED) is 0.522. The molecule has 0 saturated carbocycles. The first kappa shape index (κ1) is 24.1. The van der Waals surface area contributed by atoms with Crippen molar-refractivity contribution in [3.8, 4) is 0 Å². The van der Waals surface area contributed by atoms with Crippen LogP contribution in [0.15, 0.2) is 73.3 Å². The highest BCUT2D eigenvalue weighted by atomic mass is 16.7. The molecule has 2 aromatic rings. The Morgan fingerprint density at radius 2 is 1.69 bits per heavy atom. The van der Waals surface area contributed by atoms with Crippen molar-refractivity contribution >= 4 is 5.91 Å². The number of aliphatic hydroxyl groups is 1. The molecular formula is C25H31NO6. The molecule has 2 N–H and O–H groups in total. The summed E-state index contributed by atoms with van der Waals surface area (Å²) < 4.78 is 23.7. The van der Waals surface area contributed by atoms with E-state index < -0.39 is 30.6 Å². The minimum absolute atomic E-state index is 0.141. The van der Waals surface area contributed by atoms with Gasteiger partial charge >= 0.3 is 0 Å². The van der Waals surface area contributed by atoms with Gasteiger partial charge in [-0.1, -0.05) is 66.7 Å². The molecule has 7 nitrogen and oxygen atoms in total. The van der Waals surface area contributed by atoms with E-state index in [1.807, 2.05) is 60.7 Å². The van der Waals surface area contributed by atoms with Crippen LogP contribution in [0.1, 0.15) is 18.1 Å². The summed E-state index contributed by atoms with van der Waals surface area (Å²) in [6, 6.07) is 18.7. The average Bonchev–Trinajstić information content (AvgIpc) is 2.80. The van der Waals surface area contributed by atoms with Crippen LogP contribution in [0.4, 0.5) is 0 Å². The van der Waals surface area contributed by atoms with E-state index >= 15 is 0 Å². The molecule has 0 aliphatic carbocycles. The largest absolute Gasteiger partial charge is 0.388 e. The van der Waals surface area contributed by atoms with Crippen LogP contribution in [0.3, 0.4) is 0 Å². The second kappa shape index (κ2) is 12.5. The third kappa shape index (κ3) is 6.98. The average molecular weight is 442 g/mol. The van der Waals surface area contributed by atoms with Gasteiger partial charge in [0, 0.05) is 6.92 Å². The van der Waals surface area contributed by atoms with Crippen molar-refractivity contribution in [3.05, 3.63) is 84.4 Å². The van der Waals surface area contributed by atoms with Gasteiger partial charge in [-0.05, 0) is 11.1 Å². The summed E-state index contributed by atoms with van der Waals surface area (Å²) in [4.78, 5) is 11.9. The molecular weight excluding hydrogens is 410 g/mol. The molecule has 0 spiro atoms. The third-order valence-electron chi connectivity index (χ3n) is 5.10. The number of benzene rings is 2. The maximum Gasteiger partial charge on any atom is 0.217 e. The Balaban J connectivity index is 1.72. The van der Waals surface area contributed by atoms with Gasteiger partial charge in [0.05, 0.1) is 26.4 Å². The van der Waals surface area contributed by atoms with Crippen molar-refractivity contribution in [1.29, 1.82) is 0 Å². The number of amides is 1. The fraction of sp³-hybridized carbons (Fsp3) is 0.400. The highest BCUT2D eigenvalue weighted by molar-refractivity contribution is 5.73. The van der Waals surface area contributed by atoms with Crippen LogP contribution in [-0.4, -0.2) is 54.9 Å². The number of aliphatic hydroxyl groups excluding tert-OH is 1. The summed E-state index contributed by atoms with van der Waals surface area (Å²) in [5.74, 6) is -0.273. The highest BCUT2D eigenvalue weighted by Gasteiger charge is 2.47. The van der Waals surface area contributed by atoms with Gasteiger partial charge in [-0.3, -0.25) is 4.79 Å². The third-order valence-corrected chi connectivity index (χ3v) is 5.10. The Kier molecular flexibility index (Phi) is 9.40. The van der Waals surface area contributed by atoms with Crippen LogP contribution in [-0.2, 0) is 37.0 Å². The molecule has 1 fully saturated rings. The van der Waals surface area contributed by atoms with Crippen LogP contribution in [0.2, 0.25) is 0 Å². The Labute approximate surface area is 188 Å². The topological polar surface area (TPSA) is 86.2 Å². The van der Waals surface area contributed by atoms with Crippen molar-refractivity contribution < 1.29 is 28.8 Å². The number of hydrogen-bond donors (Lipinski definition) is 2. The Morgan fingerprint density at radius 3 is 2.28 bits per heavy atom. The number of hydrogen-bond acceptors (Lipinski definition) is 6. The first-order chi connectivity index (χ1) is 15.6. The molecule has 32 heavy (non-hydrogen) atoms. The molecule has 172 valence electrons. The fourth-order valence-corrected chi connectivity index (χ4v) is 3.58. The molecule has 0 radical (unpaired) electrons. The maximum absolute atomic E-state index is 11.9. The van der Waals surface area contributed by atoms with E-state index in [-0.39, 0.29) is 25.7 Å². The summed E-state index contributed by atoms with van der Waals surface area (Å²) in [7, 11) is 0. The summed E-state index contributed by atoms with van der Waals surface area (Å²) in [6.07, 6.45) is -1.71. The van der Waals surface area contributed by atoms with Crippen LogP contribution in [0.25, 0.3) is 0 Å². The number of ether oxygens (including phenoxy) is 4. The first-order valence-electron chi connectivity index (χ1n) is 10.7. The minimum atomic E-state index is -1.03. The molecule has 1 amide bonds. The molecule has 0 bridgehead atoms. The maximum atomic E-state index is 11.9. The fourth-order valence-electron chi connectivity index (χ4n) is 3.58. The normalized spacial score (nSPS) is 25.2. The summed E-state index contributed by atoms with van der Waals surface area (Å²) in [5.41, 5.74) is 1.97. The number of rotatable bonds is 11. The van der Waals surface area contributed by atoms with Crippen LogP contribution < -0.4 is 5.32 Å². The number of carbonyl (C=O) groups is 1. The Hall–Kier alpha value is -2.55. The predicted octanol–water partition coefficient (Wildman–Crippen LogP) is 2.58. The van der Waals surface area contributed by atoms with E-state index in [0.717, 1.165) is 11.1 Å².